The molecule has 1 aliphatic heterocycles. The zero-order valence-corrected chi connectivity index (χ0v) is 11.9. The molecule has 2 nitrogen and oxygen atoms in total. The first kappa shape index (κ1) is 13.4. The predicted molar refractivity (Wildman–Crippen MR) is 79.0 cm³/mol. The van der Waals surface area contributed by atoms with Crippen molar-refractivity contribution in [3.8, 4) is 0 Å². The van der Waals surface area contributed by atoms with Crippen molar-refractivity contribution in [1.82, 2.24) is 0 Å². The van der Waals surface area contributed by atoms with Crippen molar-refractivity contribution >= 4 is 5.69 Å². The van der Waals surface area contributed by atoms with Gasteiger partial charge in [0, 0.05) is 24.3 Å². The van der Waals surface area contributed by atoms with Crippen molar-refractivity contribution in [2.45, 2.75) is 52.1 Å². The molecule has 100 valence electrons. The lowest BCUT2D eigenvalue weighted by molar-refractivity contribution is 0.411. The highest BCUT2D eigenvalue weighted by atomic mass is 15.2. The largest absolute Gasteiger partial charge is 0.367 e. The van der Waals surface area contributed by atoms with E-state index in [1.165, 1.54) is 30.5 Å². The lowest BCUT2D eigenvalue weighted by Gasteiger charge is -2.40. The molecule has 0 aromatic heterocycles. The molecule has 18 heavy (non-hydrogen) atoms. The Labute approximate surface area is 111 Å². The van der Waals surface area contributed by atoms with E-state index in [0.717, 1.165) is 6.54 Å². The molecule has 0 aliphatic carbocycles. The van der Waals surface area contributed by atoms with Gasteiger partial charge in [0.1, 0.15) is 0 Å². The van der Waals surface area contributed by atoms with E-state index >= 15 is 0 Å². The third-order valence-electron chi connectivity index (χ3n) is 3.87. The third kappa shape index (κ3) is 2.86. The van der Waals surface area contributed by atoms with Crippen LogP contribution in [-0.2, 0) is 6.42 Å². The SMILES string of the molecule is CC(C)C[C@H]([C@H](C)N)N1CCCc2ccccc21. The summed E-state index contributed by atoms with van der Waals surface area (Å²) >= 11 is 0. The summed E-state index contributed by atoms with van der Waals surface area (Å²) in [4.78, 5) is 2.55. The lowest BCUT2D eigenvalue weighted by Crippen LogP contribution is -2.49. The highest BCUT2D eigenvalue weighted by molar-refractivity contribution is 5.56. The maximum Gasteiger partial charge on any atom is 0.0440 e. The van der Waals surface area contributed by atoms with Gasteiger partial charge in [-0.3, -0.25) is 0 Å². The highest BCUT2D eigenvalue weighted by Crippen LogP contribution is 2.30. The van der Waals surface area contributed by atoms with E-state index in [1.807, 2.05) is 0 Å². The molecule has 0 unspecified atom stereocenters. The van der Waals surface area contributed by atoms with Crippen molar-refractivity contribution < 1.29 is 0 Å². The van der Waals surface area contributed by atoms with Crippen molar-refractivity contribution in [2.24, 2.45) is 11.7 Å². The molecule has 2 rings (SSSR count). The lowest BCUT2D eigenvalue weighted by atomic mass is 9.93. The summed E-state index contributed by atoms with van der Waals surface area (Å²) in [5.74, 6) is 0.690. The summed E-state index contributed by atoms with van der Waals surface area (Å²) in [6.45, 7) is 7.86. The maximum absolute atomic E-state index is 6.23. The van der Waals surface area contributed by atoms with Crippen LogP contribution in [0, 0.1) is 5.92 Å². The van der Waals surface area contributed by atoms with E-state index in [2.05, 4.69) is 49.9 Å². The fourth-order valence-corrected chi connectivity index (χ4v) is 3.02. The van der Waals surface area contributed by atoms with Gasteiger partial charge in [0.25, 0.3) is 0 Å². The van der Waals surface area contributed by atoms with E-state index in [1.54, 1.807) is 0 Å². The normalized spacial score (nSPS) is 18.6. The first-order chi connectivity index (χ1) is 8.59. The molecule has 0 saturated heterocycles. The first-order valence-corrected chi connectivity index (χ1v) is 7.19. The highest BCUT2D eigenvalue weighted by Gasteiger charge is 2.26. The van der Waals surface area contributed by atoms with Gasteiger partial charge in [0.15, 0.2) is 0 Å². The number of nitrogens with zero attached hydrogens (tertiary/aromatic N) is 1. The zero-order valence-electron chi connectivity index (χ0n) is 11.9. The molecule has 0 bridgehead atoms. The van der Waals surface area contributed by atoms with E-state index in [9.17, 15) is 0 Å². The van der Waals surface area contributed by atoms with Crippen molar-refractivity contribution in [1.29, 1.82) is 0 Å². The zero-order chi connectivity index (χ0) is 13.1. The number of fused-ring (bicyclic) bond motifs is 1. The second kappa shape index (κ2) is 5.75. The van der Waals surface area contributed by atoms with Crippen LogP contribution in [0.4, 0.5) is 5.69 Å². The maximum atomic E-state index is 6.23. The number of anilines is 1. The van der Waals surface area contributed by atoms with Gasteiger partial charge in [0.05, 0.1) is 0 Å². The standard InChI is InChI=1S/C16H26N2/c1-12(2)11-16(13(3)17)18-10-6-8-14-7-4-5-9-15(14)18/h4-5,7,9,12-13,16H,6,8,10-11,17H2,1-3H3/t13-,16+/m0/s1. The first-order valence-electron chi connectivity index (χ1n) is 7.19. The van der Waals surface area contributed by atoms with E-state index in [4.69, 9.17) is 5.73 Å². The summed E-state index contributed by atoms with van der Waals surface area (Å²) < 4.78 is 0. The van der Waals surface area contributed by atoms with E-state index in [-0.39, 0.29) is 6.04 Å². The molecule has 0 saturated carbocycles. The minimum absolute atomic E-state index is 0.221. The molecule has 1 heterocycles. The molecule has 2 heteroatoms. The van der Waals surface area contributed by atoms with Crippen molar-refractivity contribution in [3.63, 3.8) is 0 Å². The second-order valence-corrected chi connectivity index (χ2v) is 5.98. The van der Waals surface area contributed by atoms with Crippen LogP contribution in [0.25, 0.3) is 0 Å². The van der Waals surface area contributed by atoms with Crippen LogP contribution in [0.2, 0.25) is 0 Å². The molecule has 1 aromatic rings. The molecule has 2 N–H and O–H groups in total. The number of hydrogen-bond donors (Lipinski definition) is 1. The Hall–Kier alpha value is -1.02. The molecule has 0 amide bonds. The summed E-state index contributed by atoms with van der Waals surface area (Å²) in [6, 6.07) is 9.49. The van der Waals surface area contributed by atoms with Gasteiger partial charge in [-0.1, -0.05) is 32.0 Å². The fraction of sp³-hybridized carbons (Fsp3) is 0.625. The quantitative estimate of drug-likeness (QED) is 0.884. The number of benzene rings is 1. The van der Waals surface area contributed by atoms with Crippen LogP contribution in [0.3, 0.4) is 0 Å². The number of nitrogens with two attached hydrogens (primary N) is 1. The van der Waals surface area contributed by atoms with Crippen LogP contribution in [0.1, 0.15) is 39.2 Å². The van der Waals surface area contributed by atoms with Gasteiger partial charge < -0.3 is 10.6 Å². The molecular formula is C16H26N2. The van der Waals surface area contributed by atoms with Crippen LogP contribution in [0.5, 0.6) is 0 Å². The Bertz CT molecular complexity index is 384. The van der Waals surface area contributed by atoms with E-state index < -0.39 is 0 Å². The minimum atomic E-state index is 0.221. The summed E-state index contributed by atoms with van der Waals surface area (Å²) in [5, 5.41) is 0. The minimum Gasteiger partial charge on any atom is -0.367 e. The van der Waals surface area contributed by atoms with Crippen LogP contribution in [-0.4, -0.2) is 18.6 Å². The monoisotopic (exact) mass is 246 g/mol. The summed E-state index contributed by atoms with van der Waals surface area (Å²) in [6.07, 6.45) is 3.63. The number of rotatable bonds is 4. The van der Waals surface area contributed by atoms with Crippen molar-refractivity contribution in [2.75, 3.05) is 11.4 Å². The Morgan fingerprint density at radius 1 is 1.22 bits per heavy atom. The van der Waals surface area contributed by atoms with Gasteiger partial charge in [-0.2, -0.15) is 0 Å². The average molecular weight is 246 g/mol. The van der Waals surface area contributed by atoms with Gasteiger partial charge in [-0.15, -0.1) is 0 Å². The van der Waals surface area contributed by atoms with Gasteiger partial charge in [-0.25, -0.2) is 0 Å². The average Bonchev–Trinajstić information content (AvgIpc) is 2.35. The number of hydrogen-bond acceptors (Lipinski definition) is 2. The van der Waals surface area contributed by atoms with Crippen LogP contribution >= 0.6 is 0 Å². The van der Waals surface area contributed by atoms with Gasteiger partial charge in [0.2, 0.25) is 0 Å². The number of aryl methyl sites for hydroxylation is 1. The molecule has 2 atom stereocenters. The van der Waals surface area contributed by atoms with Gasteiger partial charge in [-0.05, 0) is 43.7 Å². The Kier molecular flexibility index (Phi) is 4.28. The molecular weight excluding hydrogens is 220 g/mol. The van der Waals surface area contributed by atoms with Crippen LogP contribution in [0.15, 0.2) is 24.3 Å². The Morgan fingerprint density at radius 3 is 2.61 bits per heavy atom. The third-order valence-corrected chi connectivity index (χ3v) is 3.87. The predicted octanol–water partition coefficient (Wildman–Crippen LogP) is 3.20. The topological polar surface area (TPSA) is 29.3 Å². The van der Waals surface area contributed by atoms with E-state index in [0.29, 0.717) is 12.0 Å². The molecule has 0 spiro atoms. The number of para-hydroxylation sites is 1. The molecule has 0 fully saturated rings. The Morgan fingerprint density at radius 2 is 1.94 bits per heavy atom. The molecule has 1 aliphatic rings. The smallest absolute Gasteiger partial charge is 0.0440 e. The van der Waals surface area contributed by atoms with Crippen molar-refractivity contribution in [3.05, 3.63) is 29.8 Å². The summed E-state index contributed by atoms with van der Waals surface area (Å²) in [7, 11) is 0. The Balaban J connectivity index is 2.26. The van der Waals surface area contributed by atoms with Gasteiger partial charge >= 0.3 is 0 Å². The molecule has 0 radical (unpaired) electrons. The second-order valence-electron chi connectivity index (χ2n) is 5.98. The fourth-order valence-electron chi connectivity index (χ4n) is 3.02. The molecule has 1 aromatic carbocycles. The van der Waals surface area contributed by atoms with Crippen LogP contribution < -0.4 is 10.6 Å². The summed E-state index contributed by atoms with van der Waals surface area (Å²) in [5.41, 5.74) is 9.12.